The summed E-state index contributed by atoms with van der Waals surface area (Å²) >= 11 is 0. The van der Waals surface area contributed by atoms with Gasteiger partial charge in [0.25, 0.3) is 5.91 Å². The van der Waals surface area contributed by atoms with E-state index in [0.29, 0.717) is 31.7 Å². The molecule has 3 amide bonds. The van der Waals surface area contributed by atoms with Crippen molar-refractivity contribution in [3.05, 3.63) is 58.9 Å². The maximum absolute atomic E-state index is 13.5. The molecule has 1 saturated heterocycles. The Morgan fingerprint density at radius 3 is 2.56 bits per heavy atom. The highest BCUT2D eigenvalue weighted by Gasteiger charge is 2.43. The van der Waals surface area contributed by atoms with E-state index >= 15 is 0 Å². The van der Waals surface area contributed by atoms with Crippen molar-refractivity contribution in [1.82, 2.24) is 15.2 Å². The number of ether oxygens (including phenoxy) is 1. The number of pyridine rings is 1. The number of aryl methyl sites for hydroxylation is 2. The number of piperidine rings is 1. The molecule has 1 aromatic carbocycles. The van der Waals surface area contributed by atoms with Crippen molar-refractivity contribution in [2.45, 2.75) is 39.7 Å². The normalized spacial score (nSPS) is 15.0. The van der Waals surface area contributed by atoms with Crippen molar-refractivity contribution in [3.63, 3.8) is 0 Å². The summed E-state index contributed by atoms with van der Waals surface area (Å²) in [6.07, 6.45) is 3.27. The summed E-state index contributed by atoms with van der Waals surface area (Å²) < 4.78 is 6.10. The molecular weight excluding hydrogens is 434 g/mol. The second-order valence-corrected chi connectivity index (χ2v) is 8.65. The molecule has 1 aliphatic rings. The van der Waals surface area contributed by atoms with Gasteiger partial charge in [0.05, 0.1) is 29.8 Å². The molecule has 34 heavy (non-hydrogen) atoms. The standard InChI is InChI=1S/C25H33N5O4/c1-3-18-6-7-19(23(27)32)21(13-18)34-16-25(8-11-30(12-9-25)22(31)14-26)24(33)29-15-20-17(2)5-4-10-28-20/h4-7,10,13H,3,8-9,11-12,14-16,26H2,1-2H3,(H2,27,32)(H,29,33). The van der Waals surface area contributed by atoms with Crippen LogP contribution in [-0.2, 0) is 22.6 Å². The Labute approximate surface area is 199 Å². The molecule has 2 aromatic rings. The van der Waals surface area contributed by atoms with Gasteiger partial charge in [-0.1, -0.05) is 19.1 Å². The third kappa shape index (κ3) is 5.72. The molecule has 0 bridgehead atoms. The van der Waals surface area contributed by atoms with E-state index in [1.54, 1.807) is 23.2 Å². The average molecular weight is 468 g/mol. The number of rotatable bonds is 9. The number of carbonyl (C=O) groups excluding carboxylic acids is 3. The van der Waals surface area contributed by atoms with Gasteiger partial charge in [-0.15, -0.1) is 0 Å². The third-order valence-electron chi connectivity index (χ3n) is 6.49. The quantitative estimate of drug-likeness (QED) is 0.508. The summed E-state index contributed by atoms with van der Waals surface area (Å²) in [6.45, 7) is 5.01. The average Bonchev–Trinajstić information content (AvgIpc) is 2.86. The van der Waals surface area contributed by atoms with Crippen LogP contribution >= 0.6 is 0 Å². The summed E-state index contributed by atoms with van der Waals surface area (Å²) in [5, 5.41) is 3.00. The molecule has 0 unspecified atom stereocenters. The van der Waals surface area contributed by atoms with E-state index in [2.05, 4.69) is 10.3 Å². The van der Waals surface area contributed by atoms with E-state index in [9.17, 15) is 14.4 Å². The van der Waals surface area contributed by atoms with E-state index in [-0.39, 0.29) is 37.1 Å². The molecule has 0 atom stereocenters. The second kappa shape index (κ2) is 11.1. The van der Waals surface area contributed by atoms with Crippen LogP contribution in [0.25, 0.3) is 0 Å². The van der Waals surface area contributed by atoms with Crippen molar-refractivity contribution < 1.29 is 19.1 Å². The number of benzene rings is 1. The second-order valence-electron chi connectivity index (χ2n) is 8.65. The summed E-state index contributed by atoms with van der Waals surface area (Å²) in [5.41, 5.74) is 13.2. The van der Waals surface area contributed by atoms with Gasteiger partial charge in [0, 0.05) is 19.3 Å². The first-order valence-corrected chi connectivity index (χ1v) is 11.5. The first kappa shape index (κ1) is 25.2. The molecule has 5 N–H and O–H groups in total. The van der Waals surface area contributed by atoms with Crippen LogP contribution in [0.5, 0.6) is 5.75 Å². The minimum absolute atomic E-state index is 0.0537. The van der Waals surface area contributed by atoms with Crippen LogP contribution in [0.3, 0.4) is 0 Å². The first-order chi connectivity index (χ1) is 16.3. The molecule has 2 heterocycles. The molecule has 1 aromatic heterocycles. The highest BCUT2D eigenvalue weighted by molar-refractivity contribution is 5.95. The predicted molar refractivity (Wildman–Crippen MR) is 128 cm³/mol. The topological polar surface area (TPSA) is 141 Å². The van der Waals surface area contributed by atoms with Crippen molar-refractivity contribution in [2.75, 3.05) is 26.2 Å². The third-order valence-corrected chi connectivity index (χ3v) is 6.49. The number of carbonyl (C=O) groups is 3. The fourth-order valence-corrected chi connectivity index (χ4v) is 4.13. The van der Waals surface area contributed by atoms with E-state index in [1.807, 2.05) is 32.0 Å². The van der Waals surface area contributed by atoms with Crippen LogP contribution in [-0.4, -0.2) is 53.8 Å². The number of likely N-dealkylation sites (tertiary alicyclic amines) is 1. The van der Waals surface area contributed by atoms with Crippen LogP contribution in [0.15, 0.2) is 36.5 Å². The molecular formula is C25H33N5O4. The van der Waals surface area contributed by atoms with Gasteiger partial charge in [-0.05, 0) is 55.5 Å². The van der Waals surface area contributed by atoms with E-state index in [4.69, 9.17) is 16.2 Å². The predicted octanol–water partition coefficient (Wildman–Crippen LogP) is 1.31. The van der Waals surface area contributed by atoms with Crippen molar-refractivity contribution in [2.24, 2.45) is 16.9 Å². The SMILES string of the molecule is CCc1ccc(C(N)=O)c(OCC2(C(=O)NCc3ncccc3C)CCN(C(=O)CN)CC2)c1. The molecule has 9 nitrogen and oxygen atoms in total. The van der Waals surface area contributed by atoms with Crippen molar-refractivity contribution >= 4 is 17.7 Å². The maximum Gasteiger partial charge on any atom is 0.252 e. The van der Waals surface area contributed by atoms with Gasteiger partial charge in [0.1, 0.15) is 12.4 Å². The Kier molecular flexibility index (Phi) is 8.22. The van der Waals surface area contributed by atoms with Gasteiger partial charge in [0.2, 0.25) is 11.8 Å². The molecule has 1 fully saturated rings. The largest absolute Gasteiger partial charge is 0.492 e. The van der Waals surface area contributed by atoms with Gasteiger partial charge in [-0.25, -0.2) is 0 Å². The summed E-state index contributed by atoms with van der Waals surface area (Å²) in [5.74, 6) is -0.555. The molecule has 0 radical (unpaired) electrons. The number of nitrogens with zero attached hydrogens (tertiary/aromatic N) is 2. The molecule has 182 valence electrons. The lowest BCUT2D eigenvalue weighted by Crippen LogP contribution is -2.53. The van der Waals surface area contributed by atoms with Crippen molar-refractivity contribution in [3.8, 4) is 5.75 Å². The van der Waals surface area contributed by atoms with Crippen molar-refractivity contribution in [1.29, 1.82) is 0 Å². The zero-order valence-electron chi connectivity index (χ0n) is 19.8. The number of nitrogens with one attached hydrogen (secondary N) is 1. The number of nitrogens with two attached hydrogens (primary N) is 2. The van der Waals surface area contributed by atoms with Gasteiger partial charge >= 0.3 is 0 Å². The number of hydrogen-bond acceptors (Lipinski definition) is 6. The number of hydrogen-bond donors (Lipinski definition) is 3. The van der Waals surface area contributed by atoms with Gasteiger partial charge in [-0.3, -0.25) is 19.4 Å². The Morgan fingerprint density at radius 2 is 1.94 bits per heavy atom. The van der Waals surface area contributed by atoms with Gasteiger partial charge in [-0.2, -0.15) is 0 Å². The Hall–Kier alpha value is -3.46. The lowest BCUT2D eigenvalue weighted by molar-refractivity contribution is -0.141. The lowest BCUT2D eigenvalue weighted by Gasteiger charge is -2.40. The van der Waals surface area contributed by atoms with Crippen LogP contribution in [0.2, 0.25) is 0 Å². The monoisotopic (exact) mass is 467 g/mol. The Bertz CT molecular complexity index is 1050. The van der Waals surface area contributed by atoms with E-state index in [0.717, 1.165) is 23.2 Å². The fourth-order valence-electron chi connectivity index (χ4n) is 4.13. The van der Waals surface area contributed by atoms with E-state index in [1.165, 1.54) is 0 Å². The zero-order valence-corrected chi connectivity index (χ0v) is 19.8. The van der Waals surface area contributed by atoms with E-state index < -0.39 is 11.3 Å². The summed E-state index contributed by atoms with van der Waals surface area (Å²) in [4.78, 5) is 43.5. The number of aromatic nitrogens is 1. The highest BCUT2D eigenvalue weighted by atomic mass is 16.5. The molecule has 0 spiro atoms. The summed E-state index contributed by atoms with van der Waals surface area (Å²) in [6, 6.07) is 9.06. The minimum atomic E-state index is -0.884. The van der Waals surface area contributed by atoms with Crippen LogP contribution < -0.4 is 21.5 Å². The van der Waals surface area contributed by atoms with Gasteiger partial charge < -0.3 is 26.4 Å². The number of amides is 3. The number of primary amides is 1. The first-order valence-electron chi connectivity index (χ1n) is 11.5. The molecule has 0 aliphatic carbocycles. The minimum Gasteiger partial charge on any atom is -0.492 e. The highest BCUT2D eigenvalue weighted by Crippen LogP contribution is 2.34. The lowest BCUT2D eigenvalue weighted by atomic mass is 9.78. The zero-order chi connectivity index (χ0) is 24.7. The molecule has 0 saturated carbocycles. The molecule has 1 aliphatic heterocycles. The molecule has 9 heteroatoms. The summed E-state index contributed by atoms with van der Waals surface area (Å²) in [7, 11) is 0. The molecule has 3 rings (SSSR count). The Balaban J connectivity index is 1.81. The fraction of sp³-hybridized carbons (Fsp3) is 0.440. The van der Waals surface area contributed by atoms with Gasteiger partial charge in [0.15, 0.2) is 0 Å². The Morgan fingerprint density at radius 1 is 1.21 bits per heavy atom. The van der Waals surface area contributed by atoms with Crippen LogP contribution in [0, 0.1) is 12.3 Å². The van der Waals surface area contributed by atoms with Crippen LogP contribution in [0.1, 0.15) is 46.9 Å². The van der Waals surface area contributed by atoms with Crippen LogP contribution in [0.4, 0.5) is 0 Å². The maximum atomic E-state index is 13.5. The smallest absolute Gasteiger partial charge is 0.252 e.